The van der Waals surface area contributed by atoms with Crippen LogP contribution in [-0.2, 0) is 15.5 Å². The maximum Gasteiger partial charge on any atom is 0.124 e. The highest BCUT2D eigenvalue weighted by Crippen LogP contribution is 2.27. The summed E-state index contributed by atoms with van der Waals surface area (Å²) in [5.74, 6) is 0. The first-order valence-corrected chi connectivity index (χ1v) is 6.24. The highest BCUT2D eigenvalue weighted by Gasteiger charge is 2.17. The van der Waals surface area contributed by atoms with Crippen LogP contribution in [0.4, 0.5) is 0 Å². The SMILES string of the molecule is CCC(C)(C)c1ccc(S(=O)(=O)[O-])cc1. The second kappa shape index (κ2) is 3.94. The van der Waals surface area contributed by atoms with E-state index in [-0.39, 0.29) is 10.3 Å². The van der Waals surface area contributed by atoms with Crippen molar-refractivity contribution >= 4 is 10.1 Å². The van der Waals surface area contributed by atoms with Gasteiger partial charge in [-0.05, 0) is 29.5 Å². The smallest absolute Gasteiger partial charge is 0.124 e. The van der Waals surface area contributed by atoms with Crippen LogP contribution in [0.15, 0.2) is 29.2 Å². The summed E-state index contributed by atoms with van der Waals surface area (Å²) < 4.78 is 32.1. The molecule has 1 aromatic rings. The highest BCUT2D eigenvalue weighted by molar-refractivity contribution is 7.85. The Hall–Kier alpha value is -0.870. The molecule has 0 radical (unpaired) electrons. The third kappa shape index (κ3) is 2.79. The van der Waals surface area contributed by atoms with Gasteiger partial charge in [0.05, 0.1) is 4.90 Å². The zero-order chi connectivity index (χ0) is 11.7. The molecule has 0 N–H and O–H groups in total. The van der Waals surface area contributed by atoms with E-state index in [4.69, 9.17) is 0 Å². The second-order valence-electron chi connectivity index (χ2n) is 4.22. The van der Waals surface area contributed by atoms with Gasteiger partial charge < -0.3 is 4.55 Å². The molecule has 3 nitrogen and oxygen atoms in total. The Labute approximate surface area is 90.9 Å². The Kier molecular flexibility index (Phi) is 3.21. The third-order valence-electron chi connectivity index (χ3n) is 2.81. The van der Waals surface area contributed by atoms with Crippen molar-refractivity contribution in [2.75, 3.05) is 0 Å². The normalized spacial score (nSPS) is 12.8. The number of benzene rings is 1. The van der Waals surface area contributed by atoms with Crippen molar-refractivity contribution in [3.8, 4) is 0 Å². The van der Waals surface area contributed by atoms with Crippen molar-refractivity contribution in [2.45, 2.75) is 37.5 Å². The molecule has 0 aliphatic carbocycles. The van der Waals surface area contributed by atoms with Crippen LogP contribution in [0.25, 0.3) is 0 Å². The van der Waals surface area contributed by atoms with Crippen molar-refractivity contribution in [3.05, 3.63) is 29.8 Å². The van der Waals surface area contributed by atoms with Gasteiger partial charge in [0.2, 0.25) is 0 Å². The van der Waals surface area contributed by atoms with Crippen molar-refractivity contribution in [1.29, 1.82) is 0 Å². The van der Waals surface area contributed by atoms with Gasteiger partial charge in [-0.1, -0.05) is 32.9 Å². The minimum Gasteiger partial charge on any atom is -0.744 e. The first-order chi connectivity index (χ1) is 6.77. The maximum atomic E-state index is 10.7. The molecule has 0 bridgehead atoms. The fourth-order valence-electron chi connectivity index (χ4n) is 1.28. The fourth-order valence-corrected chi connectivity index (χ4v) is 1.75. The van der Waals surface area contributed by atoms with Gasteiger partial charge in [0.1, 0.15) is 10.1 Å². The molecule has 1 aromatic carbocycles. The molecule has 0 spiro atoms. The van der Waals surface area contributed by atoms with Gasteiger partial charge in [-0.15, -0.1) is 0 Å². The van der Waals surface area contributed by atoms with Crippen LogP contribution in [0.5, 0.6) is 0 Å². The zero-order valence-corrected chi connectivity index (χ0v) is 9.97. The van der Waals surface area contributed by atoms with Crippen LogP contribution in [0, 0.1) is 0 Å². The van der Waals surface area contributed by atoms with E-state index in [1.807, 2.05) is 0 Å². The minimum atomic E-state index is -4.32. The first kappa shape index (κ1) is 12.2. The van der Waals surface area contributed by atoms with Crippen LogP contribution in [0.1, 0.15) is 32.8 Å². The molecule has 0 aliphatic rings. The van der Waals surface area contributed by atoms with Gasteiger partial charge in [0.25, 0.3) is 0 Å². The highest BCUT2D eigenvalue weighted by atomic mass is 32.2. The molecule has 0 unspecified atom stereocenters. The molecule has 0 atom stereocenters. The monoisotopic (exact) mass is 227 g/mol. The van der Waals surface area contributed by atoms with Crippen LogP contribution in [0.3, 0.4) is 0 Å². The van der Waals surface area contributed by atoms with Gasteiger partial charge in [-0.25, -0.2) is 8.42 Å². The van der Waals surface area contributed by atoms with E-state index >= 15 is 0 Å². The van der Waals surface area contributed by atoms with E-state index < -0.39 is 10.1 Å². The molecular weight excluding hydrogens is 212 g/mol. The lowest BCUT2D eigenvalue weighted by Gasteiger charge is -2.23. The average molecular weight is 227 g/mol. The van der Waals surface area contributed by atoms with Crippen LogP contribution >= 0.6 is 0 Å². The lowest BCUT2D eigenvalue weighted by Crippen LogP contribution is -2.15. The molecule has 0 amide bonds. The summed E-state index contributed by atoms with van der Waals surface area (Å²) in [5.41, 5.74) is 1.04. The average Bonchev–Trinajstić information content (AvgIpc) is 2.17. The van der Waals surface area contributed by atoms with Crippen molar-refractivity contribution in [2.24, 2.45) is 0 Å². The molecule has 0 aliphatic heterocycles. The predicted molar refractivity (Wildman–Crippen MR) is 57.7 cm³/mol. The Morgan fingerprint density at radius 1 is 1.20 bits per heavy atom. The molecule has 84 valence electrons. The second-order valence-corrected chi connectivity index (χ2v) is 5.60. The summed E-state index contributed by atoms with van der Waals surface area (Å²) in [6.07, 6.45) is 0.955. The molecule has 0 heterocycles. The van der Waals surface area contributed by atoms with E-state index in [1.54, 1.807) is 12.1 Å². The van der Waals surface area contributed by atoms with Crippen molar-refractivity contribution in [3.63, 3.8) is 0 Å². The summed E-state index contributed by atoms with van der Waals surface area (Å²) in [5, 5.41) is 0. The summed E-state index contributed by atoms with van der Waals surface area (Å²) >= 11 is 0. The van der Waals surface area contributed by atoms with Crippen LogP contribution < -0.4 is 0 Å². The molecule has 0 saturated carbocycles. The molecule has 15 heavy (non-hydrogen) atoms. The lowest BCUT2D eigenvalue weighted by molar-refractivity contribution is 0.462. The number of rotatable bonds is 3. The van der Waals surface area contributed by atoms with E-state index in [9.17, 15) is 13.0 Å². The molecule has 4 heteroatoms. The number of hydrogen-bond donors (Lipinski definition) is 0. The molecule has 0 saturated heterocycles. The van der Waals surface area contributed by atoms with E-state index in [2.05, 4.69) is 20.8 Å². The first-order valence-electron chi connectivity index (χ1n) is 4.84. The predicted octanol–water partition coefficient (Wildman–Crippen LogP) is 2.28. The largest absolute Gasteiger partial charge is 0.744 e. The zero-order valence-electron chi connectivity index (χ0n) is 9.15. The minimum absolute atomic E-state index is 0.00514. The van der Waals surface area contributed by atoms with Gasteiger partial charge in [0, 0.05) is 0 Å². The number of hydrogen-bond acceptors (Lipinski definition) is 3. The summed E-state index contributed by atoms with van der Waals surface area (Å²) in [6.45, 7) is 6.22. The van der Waals surface area contributed by atoms with Crippen molar-refractivity contribution in [1.82, 2.24) is 0 Å². The van der Waals surface area contributed by atoms with Crippen molar-refractivity contribution < 1.29 is 13.0 Å². The summed E-state index contributed by atoms with van der Waals surface area (Å²) in [4.78, 5) is -0.168. The summed E-state index contributed by atoms with van der Waals surface area (Å²) in [6, 6.07) is 6.15. The quantitative estimate of drug-likeness (QED) is 0.744. The van der Waals surface area contributed by atoms with Gasteiger partial charge in [-0.2, -0.15) is 0 Å². The van der Waals surface area contributed by atoms with E-state index in [0.717, 1.165) is 12.0 Å². The third-order valence-corrected chi connectivity index (χ3v) is 3.66. The van der Waals surface area contributed by atoms with Gasteiger partial charge in [-0.3, -0.25) is 0 Å². The van der Waals surface area contributed by atoms with Crippen LogP contribution in [0.2, 0.25) is 0 Å². The molecule has 1 rings (SSSR count). The van der Waals surface area contributed by atoms with Gasteiger partial charge >= 0.3 is 0 Å². The Morgan fingerprint density at radius 3 is 2.00 bits per heavy atom. The van der Waals surface area contributed by atoms with Gasteiger partial charge in [0.15, 0.2) is 0 Å². The van der Waals surface area contributed by atoms with E-state index in [0.29, 0.717) is 0 Å². The molecule has 0 aromatic heterocycles. The Morgan fingerprint density at radius 2 is 1.67 bits per heavy atom. The lowest BCUT2D eigenvalue weighted by atomic mass is 9.82. The summed E-state index contributed by atoms with van der Waals surface area (Å²) in [7, 11) is -4.32. The topological polar surface area (TPSA) is 57.2 Å². The standard InChI is InChI=1S/C11H16O3S/c1-4-11(2,3)9-5-7-10(8-6-9)15(12,13)14/h5-8H,4H2,1-3H3,(H,12,13,14)/p-1. The Bertz CT molecular complexity index is 429. The fraction of sp³-hybridized carbons (Fsp3) is 0.455. The Balaban J connectivity index is 3.12. The van der Waals surface area contributed by atoms with Crippen LogP contribution in [-0.4, -0.2) is 13.0 Å². The molecule has 0 fully saturated rings. The molecular formula is C11H15O3S-. The van der Waals surface area contributed by atoms with E-state index in [1.165, 1.54) is 12.1 Å². The maximum absolute atomic E-state index is 10.7.